The summed E-state index contributed by atoms with van der Waals surface area (Å²) in [5.41, 5.74) is 4.67. The Balaban J connectivity index is 1.84. The monoisotopic (exact) mass is 289 g/mol. The SMILES string of the molecule is COC(O)C1CC(=CNOCc2ccccc2)C=CC1=O. The highest BCUT2D eigenvalue weighted by atomic mass is 16.6. The van der Waals surface area contributed by atoms with E-state index in [-0.39, 0.29) is 5.78 Å². The first-order chi connectivity index (χ1) is 10.2. The molecule has 1 aliphatic rings. The lowest BCUT2D eigenvalue weighted by Gasteiger charge is -2.22. The number of benzene rings is 1. The van der Waals surface area contributed by atoms with Gasteiger partial charge in [0.2, 0.25) is 0 Å². The highest BCUT2D eigenvalue weighted by molar-refractivity contribution is 5.94. The van der Waals surface area contributed by atoms with Crippen LogP contribution >= 0.6 is 0 Å². The van der Waals surface area contributed by atoms with Crippen molar-refractivity contribution in [3.8, 4) is 0 Å². The molecule has 0 amide bonds. The molecule has 0 fully saturated rings. The van der Waals surface area contributed by atoms with Crippen LogP contribution < -0.4 is 5.48 Å². The van der Waals surface area contributed by atoms with Gasteiger partial charge in [-0.05, 0) is 23.6 Å². The van der Waals surface area contributed by atoms with Crippen molar-refractivity contribution in [2.45, 2.75) is 19.3 Å². The summed E-state index contributed by atoms with van der Waals surface area (Å²) >= 11 is 0. The quantitative estimate of drug-likeness (QED) is 0.474. The molecule has 0 radical (unpaired) electrons. The summed E-state index contributed by atoms with van der Waals surface area (Å²) in [5, 5.41) is 9.64. The first-order valence-electron chi connectivity index (χ1n) is 6.74. The third-order valence-electron chi connectivity index (χ3n) is 3.28. The zero-order valence-electron chi connectivity index (χ0n) is 11.9. The number of nitrogens with one attached hydrogen (secondary N) is 1. The number of carbonyl (C=O) groups excluding carboxylic acids is 1. The Morgan fingerprint density at radius 2 is 2.14 bits per heavy atom. The lowest BCUT2D eigenvalue weighted by Crippen LogP contribution is -2.31. The van der Waals surface area contributed by atoms with E-state index in [0.717, 1.165) is 11.1 Å². The molecule has 5 heteroatoms. The molecule has 0 aromatic heterocycles. The van der Waals surface area contributed by atoms with Gasteiger partial charge in [0.05, 0.1) is 12.5 Å². The van der Waals surface area contributed by atoms with Crippen LogP contribution in [0.3, 0.4) is 0 Å². The Hall–Kier alpha value is -1.95. The molecule has 21 heavy (non-hydrogen) atoms. The lowest BCUT2D eigenvalue weighted by atomic mass is 9.89. The summed E-state index contributed by atoms with van der Waals surface area (Å²) in [6.45, 7) is 0.442. The Morgan fingerprint density at radius 3 is 2.86 bits per heavy atom. The van der Waals surface area contributed by atoms with Crippen LogP contribution in [0.1, 0.15) is 12.0 Å². The molecule has 2 unspecified atom stereocenters. The molecule has 0 saturated heterocycles. The molecule has 0 heterocycles. The van der Waals surface area contributed by atoms with E-state index in [2.05, 4.69) is 5.48 Å². The van der Waals surface area contributed by atoms with Crippen molar-refractivity contribution in [2.24, 2.45) is 5.92 Å². The van der Waals surface area contributed by atoms with E-state index in [4.69, 9.17) is 9.57 Å². The molecule has 2 N–H and O–H groups in total. The van der Waals surface area contributed by atoms with Crippen molar-refractivity contribution in [3.05, 3.63) is 59.8 Å². The minimum Gasteiger partial charge on any atom is -0.367 e. The molecule has 112 valence electrons. The fourth-order valence-electron chi connectivity index (χ4n) is 2.06. The van der Waals surface area contributed by atoms with Gasteiger partial charge in [0, 0.05) is 13.3 Å². The number of aliphatic hydroxyl groups excluding tert-OH is 1. The van der Waals surface area contributed by atoms with E-state index in [1.807, 2.05) is 30.3 Å². The summed E-state index contributed by atoms with van der Waals surface area (Å²) in [7, 11) is 1.38. The summed E-state index contributed by atoms with van der Waals surface area (Å²) in [6.07, 6.45) is 4.16. The number of hydrogen-bond donors (Lipinski definition) is 2. The molecule has 2 atom stereocenters. The minimum absolute atomic E-state index is 0.133. The highest BCUT2D eigenvalue weighted by Crippen LogP contribution is 2.23. The van der Waals surface area contributed by atoms with Crippen LogP contribution in [0.4, 0.5) is 0 Å². The molecule has 1 aliphatic carbocycles. The number of ether oxygens (including phenoxy) is 1. The van der Waals surface area contributed by atoms with Gasteiger partial charge in [-0.3, -0.25) is 15.1 Å². The van der Waals surface area contributed by atoms with Crippen LogP contribution in [-0.4, -0.2) is 24.3 Å². The number of allylic oxidation sites excluding steroid dienone is 3. The van der Waals surface area contributed by atoms with Crippen LogP contribution in [0.2, 0.25) is 0 Å². The average Bonchev–Trinajstić information content (AvgIpc) is 2.53. The normalized spacial score (nSPS) is 21.5. The predicted molar refractivity (Wildman–Crippen MR) is 77.7 cm³/mol. The average molecular weight is 289 g/mol. The van der Waals surface area contributed by atoms with E-state index >= 15 is 0 Å². The van der Waals surface area contributed by atoms with Gasteiger partial charge in [-0.1, -0.05) is 36.4 Å². The summed E-state index contributed by atoms with van der Waals surface area (Å²) in [5.74, 6) is -0.700. The van der Waals surface area contributed by atoms with Gasteiger partial charge < -0.3 is 9.84 Å². The standard InChI is InChI=1S/C16H19NO4/c1-20-16(19)14-9-13(7-8-15(14)18)10-17-21-11-12-5-3-2-4-6-12/h2-8,10,14,16-17,19H,9,11H2,1H3. The van der Waals surface area contributed by atoms with Crippen LogP contribution in [0, 0.1) is 5.92 Å². The van der Waals surface area contributed by atoms with E-state index in [0.29, 0.717) is 13.0 Å². The van der Waals surface area contributed by atoms with Gasteiger partial charge in [0.15, 0.2) is 12.1 Å². The number of aliphatic hydroxyl groups is 1. The van der Waals surface area contributed by atoms with Crippen LogP contribution in [0.15, 0.2) is 54.3 Å². The first-order valence-corrected chi connectivity index (χ1v) is 6.74. The third kappa shape index (κ3) is 4.53. The van der Waals surface area contributed by atoms with Crippen molar-refractivity contribution in [1.29, 1.82) is 0 Å². The first kappa shape index (κ1) is 15.4. The number of carbonyl (C=O) groups is 1. The maximum atomic E-state index is 11.6. The number of methoxy groups -OCH3 is 1. The molecular weight excluding hydrogens is 270 g/mol. The van der Waals surface area contributed by atoms with Gasteiger partial charge >= 0.3 is 0 Å². The molecule has 5 nitrogen and oxygen atoms in total. The largest absolute Gasteiger partial charge is 0.367 e. The van der Waals surface area contributed by atoms with E-state index in [1.165, 1.54) is 13.2 Å². The molecule has 1 aromatic carbocycles. The molecule has 0 aliphatic heterocycles. The second-order valence-electron chi connectivity index (χ2n) is 4.78. The Kier molecular flexibility index (Phi) is 5.68. The minimum atomic E-state index is -1.09. The molecule has 1 aromatic rings. The molecule has 0 saturated carbocycles. The van der Waals surface area contributed by atoms with Gasteiger partial charge in [-0.15, -0.1) is 0 Å². The second-order valence-corrected chi connectivity index (χ2v) is 4.78. The lowest BCUT2D eigenvalue weighted by molar-refractivity contribution is -0.142. The van der Waals surface area contributed by atoms with Crippen molar-refractivity contribution in [1.82, 2.24) is 5.48 Å². The van der Waals surface area contributed by atoms with E-state index < -0.39 is 12.2 Å². The summed E-state index contributed by atoms with van der Waals surface area (Å²) < 4.78 is 4.81. The molecule has 0 spiro atoms. The fourth-order valence-corrected chi connectivity index (χ4v) is 2.06. The van der Waals surface area contributed by atoms with Crippen molar-refractivity contribution in [2.75, 3.05) is 7.11 Å². The highest BCUT2D eigenvalue weighted by Gasteiger charge is 2.28. The molecule has 2 rings (SSSR count). The number of ketones is 1. The number of hydroxylamine groups is 1. The Morgan fingerprint density at radius 1 is 1.38 bits per heavy atom. The summed E-state index contributed by atoms with van der Waals surface area (Å²) in [4.78, 5) is 17.0. The van der Waals surface area contributed by atoms with E-state index in [9.17, 15) is 9.90 Å². The Labute approximate surface area is 123 Å². The van der Waals surface area contributed by atoms with Gasteiger partial charge in [-0.25, -0.2) is 0 Å². The Bertz CT molecular complexity index is 524. The topological polar surface area (TPSA) is 67.8 Å². The fraction of sp³-hybridized carbons (Fsp3) is 0.312. The maximum Gasteiger partial charge on any atom is 0.164 e. The second kappa shape index (κ2) is 7.73. The molecule has 0 bridgehead atoms. The van der Waals surface area contributed by atoms with Gasteiger partial charge in [0.1, 0.15) is 0 Å². The maximum absolute atomic E-state index is 11.6. The predicted octanol–water partition coefficient (Wildman–Crippen LogP) is 1.70. The summed E-state index contributed by atoms with van der Waals surface area (Å²) in [6, 6.07) is 9.79. The van der Waals surface area contributed by atoms with Crippen LogP contribution in [-0.2, 0) is 21.0 Å². The molecular formula is C16H19NO4. The number of hydrogen-bond acceptors (Lipinski definition) is 5. The van der Waals surface area contributed by atoms with E-state index in [1.54, 1.807) is 12.3 Å². The van der Waals surface area contributed by atoms with Crippen LogP contribution in [0.25, 0.3) is 0 Å². The smallest absolute Gasteiger partial charge is 0.164 e. The zero-order chi connectivity index (χ0) is 15.1. The third-order valence-corrected chi connectivity index (χ3v) is 3.28. The zero-order valence-corrected chi connectivity index (χ0v) is 11.9. The number of rotatable bonds is 6. The van der Waals surface area contributed by atoms with Crippen LogP contribution in [0.5, 0.6) is 0 Å². The van der Waals surface area contributed by atoms with Crippen molar-refractivity contribution < 1.29 is 19.5 Å². The van der Waals surface area contributed by atoms with Gasteiger partial charge in [-0.2, -0.15) is 0 Å². The van der Waals surface area contributed by atoms with Crippen molar-refractivity contribution in [3.63, 3.8) is 0 Å². The van der Waals surface area contributed by atoms with Gasteiger partial charge in [0.25, 0.3) is 0 Å². The van der Waals surface area contributed by atoms with Crippen molar-refractivity contribution >= 4 is 5.78 Å².